The van der Waals surface area contributed by atoms with Crippen LogP contribution in [0.1, 0.15) is 22.3 Å². The Labute approximate surface area is 115 Å². The van der Waals surface area contributed by atoms with E-state index in [0.29, 0.717) is 5.39 Å². The molecule has 0 bridgehead atoms. The fraction of sp³-hybridized carbons (Fsp3) is 0.125. The molecule has 19 heavy (non-hydrogen) atoms. The van der Waals surface area contributed by atoms with Gasteiger partial charge in [0.2, 0.25) is 0 Å². The van der Waals surface area contributed by atoms with Crippen LogP contribution in [0.25, 0.3) is 10.8 Å². The summed E-state index contributed by atoms with van der Waals surface area (Å²) in [6.45, 7) is 1.87. The van der Waals surface area contributed by atoms with E-state index in [4.69, 9.17) is 16.0 Å². The third-order valence-corrected chi connectivity index (χ3v) is 3.82. The quantitative estimate of drug-likeness (QED) is 0.585. The summed E-state index contributed by atoms with van der Waals surface area (Å²) in [6, 6.07) is 12.4. The highest BCUT2D eigenvalue weighted by Gasteiger charge is 2.18. The van der Waals surface area contributed by atoms with Gasteiger partial charge in [0.05, 0.1) is 11.6 Å². The zero-order chi connectivity index (χ0) is 13.4. The molecule has 0 saturated carbocycles. The van der Waals surface area contributed by atoms with E-state index in [1.165, 1.54) is 6.07 Å². The summed E-state index contributed by atoms with van der Waals surface area (Å²) >= 11 is 6.53. The SMILES string of the molecule is Cc1occc1C(Cl)c1ccc(F)c2ccccc12. The van der Waals surface area contributed by atoms with Crippen LogP contribution in [-0.4, -0.2) is 0 Å². The Morgan fingerprint density at radius 2 is 1.74 bits per heavy atom. The monoisotopic (exact) mass is 274 g/mol. The first kappa shape index (κ1) is 12.2. The second kappa shape index (κ2) is 4.71. The van der Waals surface area contributed by atoms with Crippen LogP contribution in [0, 0.1) is 12.7 Å². The summed E-state index contributed by atoms with van der Waals surface area (Å²) in [7, 11) is 0. The number of hydrogen-bond acceptors (Lipinski definition) is 1. The molecule has 0 radical (unpaired) electrons. The van der Waals surface area contributed by atoms with Crippen molar-refractivity contribution in [2.75, 3.05) is 0 Å². The van der Waals surface area contributed by atoms with Gasteiger partial charge in [0.1, 0.15) is 11.6 Å². The van der Waals surface area contributed by atoms with Crippen molar-refractivity contribution in [2.45, 2.75) is 12.3 Å². The number of aryl methyl sites for hydroxylation is 1. The molecule has 96 valence electrons. The molecule has 0 saturated heterocycles. The number of rotatable bonds is 2. The Bertz CT molecular complexity index is 732. The number of benzene rings is 2. The van der Waals surface area contributed by atoms with Crippen LogP contribution in [0.3, 0.4) is 0 Å². The van der Waals surface area contributed by atoms with Crippen molar-refractivity contribution in [3.05, 3.63) is 71.4 Å². The second-order valence-electron chi connectivity index (χ2n) is 4.48. The molecule has 1 atom stereocenters. The van der Waals surface area contributed by atoms with Gasteiger partial charge in [-0.1, -0.05) is 30.3 Å². The van der Waals surface area contributed by atoms with Gasteiger partial charge in [-0.05, 0) is 30.0 Å². The maximum absolute atomic E-state index is 13.8. The zero-order valence-electron chi connectivity index (χ0n) is 10.4. The molecule has 1 unspecified atom stereocenters. The van der Waals surface area contributed by atoms with Crippen LogP contribution in [-0.2, 0) is 0 Å². The number of hydrogen-bond donors (Lipinski definition) is 0. The molecule has 0 fully saturated rings. The van der Waals surface area contributed by atoms with Gasteiger partial charge in [-0.15, -0.1) is 11.6 Å². The molecule has 0 aliphatic heterocycles. The van der Waals surface area contributed by atoms with E-state index < -0.39 is 0 Å². The number of halogens is 2. The fourth-order valence-electron chi connectivity index (χ4n) is 2.33. The lowest BCUT2D eigenvalue weighted by Gasteiger charge is -2.13. The minimum Gasteiger partial charge on any atom is -0.469 e. The molecule has 3 rings (SSSR count). The van der Waals surface area contributed by atoms with Gasteiger partial charge in [-0.25, -0.2) is 4.39 Å². The van der Waals surface area contributed by atoms with Gasteiger partial charge in [0.15, 0.2) is 0 Å². The molecule has 2 aromatic carbocycles. The van der Waals surface area contributed by atoms with E-state index in [2.05, 4.69) is 0 Å². The molecule has 1 nitrogen and oxygen atoms in total. The molecule has 0 aliphatic carbocycles. The van der Waals surface area contributed by atoms with Gasteiger partial charge >= 0.3 is 0 Å². The Morgan fingerprint density at radius 3 is 2.42 bits per heavy atom. The molecule has 1 aromatic heterocycles. The Balaban J connectivity index is 2.21. The van der Waals surface area contributed by atoms with E-state index in [1.807, 2.05) is 31.2 Å². The summed E-state index contributed by atoms with van der Waals surface area (Å²) < 4.78 is 19.1. The van der Waals surface area contributed by atoms with Crippen LogP contribution in [0.4, 0.5) is 4.39 Å². The summed E-state index contributed by atoms with van der Waals surface area (Å²) in [4.78, 5) is 0. The van der Waals surface area contributed by atoms with Crippen LogP contribution in [0.15, 0.2) is 53.1 Å². The molecular formula is C16H12ClFO. The lowest BCUT2D eigenvalue weighted by atomic mass is 9.98. The first-order chi connectivity index (χ1) is 9.18. The molecule has 3 heteroatoms. The minimum absolute atomic E-state index is 0.230. The van der Waals surface area contributed by atoms with Crippen LogP contribution in [0.2, 0.25) is 0 Å². The summed E-state index contributed by atoms with van der Waals surface area (Å²) in [5.74, 6) is 0.556. The summed E-state index contributed by atoms with van der Waals surface area (Å²) in [6.07, 6.45) is 1.62. The predicted molar refractivity (Wildman–Crippen MR) is 75.0 cm³/mol. The Kier molecular flexibility index (Phi) is 3.03. The van der Waals surface area contributed by atoms with Crippen molar-refractivity contribution in [3.63, 3.8) is 0 Å². The average Bonchev–Trinajstić information content (AvgIpc) is 2.85. The van der Waals surface area contributed by atoms with E-state index in [9.17, 15) is 4.39 Å². The molecule has 0 spiro atoms. The normalized spacial score (nSPS) is 12.8. The van der Waals surface area contributed by atoms with Gasteiger partial charge in [0, 0.05) is 10.9 Å². The lowest BCUT2D eigenvalue weighted by molar-refractivity contribution is 0.530. The third-order valence-electron chi connectivity index (χ3n) is 3.35. The maximum atomic E-state index is 13.8. The smallest absolute Gasteiger partial charge is 0.131 e. The molecule has 1 heterocycles. The first-order valence-corrected chi connectivity index (χ1v) is 6.47. The highest BCUT2D eigenvalue weighted by atomic mass is 35.5. The molecule has 0 aliphatic rings. The Hall–Kier alpha value is -1.80. The third kappa shape index (κ3) is 2.02. The molecular weight excluding hydrogens is 263 g/mol. The standard InChI is InChI=1S/C16H12ClFO/c1-10-11(8-9-19-10)16(17)14-6-7-15(18)13-5-3-2-4-12(13)14/h2-9,16H,1H3. The highest BCUT2D eigenvalue weighted by Crippen LogP contribution is 2.36. The van der Waals surface area contributed by atoms with E-state index in [1.54, 1.807) is 18.4 Å². The number of alkyl halides is 1. The van der Waals surface area contributed by atoms with Crippen molar-refractivity contribution in [1.82, 2.24) is 0 Å². The van der Waals surface area contributed by atoms with Gasteiger partial charge < -0.3 is 4.42 Å². The summed E-state index contributed by atoms with van der Waals surface area (Å²) in [5.41, 5.74) is 1.81. The number of furan rings is 1. The zero-order valence-corrected chi connectivity index (χ0v) is 11.1. The predicted octanol–water partition coefficient (Wildman–Crippen LogP) is 5.21. The van der Waals surface area contributed by atoms with Crippen LogP contribution >= 0.6 is 11.6 Å². The second-order valence-corrected chi connectivity index (χ2v) is 4.91. The van der Waals surface area contributed by atoms with E-state index in [0.717, 1.165) is 22.3 Å². The van der Waals surface area contributed by atoms with Crippen molar-refractivity contribution in [1.29, 1.82) is 0 Å². The van der Waals surface area contributed by atoms with Gasteiger partial charge in [0.25, 0.3) is 0 Å². The fourth-order valence-corrected chi connectivity index (χ4v) is 2.75. The van der Waals surface area contributed by atoms with Crippen LogP contribution < -0.4 is 0 Å². The maximum Gasteiger partial charge on any atom is 0.131 e. The van der Waals surface area contributed by atoms with Gasteiger partial charge in [-0.2, -0.15) is 0 Å². The highest BCUT2D eigenvalue weighted by molar-refractivity contribution is 6.23. The topological polar surface area (TPSA) is 13.1 Å². The van der Waals surface area contributed by atoms with Gasteiger partial charge in [-0.3, -0.25) is 0 Å². The van der Waals surface area contributed by atoms with Crippen LogP contribution in [0.5, 0.6) is 0 Å². The Morgan fingerprint density at radius 1 is 1.00 bits per heavy atom. The molecule has 3 aromatic rings. The largest absolute Gasteiger partial charge is 0.469 e. The van der Waals surface area contributed by atoms with Crippen molar-refractivity contribution >= 4 is 22.4 Å². The lowest BCUT2D eigenvalue weighted by Crippen LogP contribution is -1.96. The minimum atomic E-state index is -0.343. The van der Waals surface area contributed by atoms with Crippen molar-refractivity contribution < 1.29 is 8.81 Å². The first-order valence-electron chi connectivity index (χ1n) is 6.03. The molecule has 0 amide bonds. The van der Waals surface area contributed by atoms with Crippen molar-refractivity contribution in [2.24, 2.45) is 0 Å². The van der Waals surface area contributed by atoms with E-state index in [-0.39, 0.29) is 11.2 Å². The van der Waals surface area contributed by atoms with Crippen molar-refractivity contribution in [3.8, 4) is 0 Å². The summed E-state index contributed by atoms with van der Waals surface area (Å²) in [5, 5.41) is 1.08. The number of fused-ring (bicyclic) bond motifs is 1. The molecule has 0 N–H and O–H groups in total. The van der Waals surface area contributed by atoms with E-state index >= 15 is 0 Å². The average molecular weight is 275 g/mol.